The molecule has 1 aliphatic heterocycles. The normalized spacial score (nSPS) is 20.8. The number of hydrogen-bond donors (Lipinski definition) is 1. The number of hydrogen-bond acceptors (Lipinski definition) is 6. The first-order valence-electron chi connectivity index (χ1n) is 6.11. The van der Waals surface area contributed by atoms with Crippen LogP contribution in [0.25, 0.3) is 0 Å². The summed E-state index contributed by atoms with van der Waals surface area (Å²) in [5.74, 6) is 1.29. The summed E-state index contributed by atoms with van der Waals surface area (Å²) < 4.78 is 26.0. The minimum absolute atomic E-state index is 0.392. The van der Waals surface area contributed by atoms with Crippen LogP contribution < -0.4 is 10.2 Å². The van der Waals surface area contributed by atoms with Crippen molar-refractivity contribution in [2.75, 3.05) is 38.6 Å². The molecule has 1 aromatic heterocycles. The van der Waals surface area contributed by atoms with Crippen molar-refractivity contribution in [1.82, 2.24) is 19.6 Å². The number of nitrogens with one attached hydrogen (secondary N) is 1. The average Bonchev–Trinajstić information content (AvgIpc) is 2.38. The maximum Gasteiger partial charge on any atom is 0.236 e. The Hall–Kier alpha value is -1.25. The monoisotopic (exact) mass is 285 g/mol. The third kappa shape index (κ3) is 2.85. The van der Waals surface area contributed by atoms with Crippen molar-refractivity contribution < 1.29 is 8.42 Å². The molecule has 1 unspecified atom stereocenters. The molecule has 8 heteroatoms. The van der Waals surface area contributed by atoms with E-state index in [1.54, 1.807) is 33.3 Å². The summed E-state index contributed by atoms with van der Waals surface area (Å²) in [5.41, 5.74) is 0. The first-order chi connectivity index (χ1) is 8.93. The number of anilines is 1. The standard InChI is InChI=1S/C11H19N5O2S/c1-9-13-5-4-10(14-9)16-7-6-12-8-11(16)19(17,18)15(2)3/h4-5,11-12H,6-8H2,1-3H3. The van der Waals surface area contributed by atoms with Crippen LogP contribution in [-0.2, 0) is 10.0 Å². The van der Waals surface area contributed by atoms with Crippen molar-refractivity contribution in [3.8, 4) is 0 Å². The van der Waals surface area contributed by atoms with Crippen molar-refractivity contribution in [1.29, 1.82) is 0 Å². The van der Waals surface area contributed by atoms with Gasteiger partial charge < -0.3 is 10.2 Å². The van der Waals surface area contributed by atoms with Gasteiger partial charge in [-0.1, -0.05) is 0 Å². The largest absolute Gasteiger partial charge is 0.336 e. The summed E-state index contributed by atoms with van der Waals surface area (Å²) in [7, 11) is -0.276. The van der Waals surface area contributed by atoms with E-state index in [1.165, 1.54) is 4.31 Å². The Labute approximate surface area is 113 Å². The highest BCUT2D eigenvalue weighted by Gasteiger charge is 2.35. The molecule has 0 radical (unpaired) electrons. The number of sulfonamides is 1. The van der Waals surface area contributed by atoms with Crippen molar-refractivity contribution in [2.24, 2.45) is 0 Å². The Kier molecular flexibility index (Phi) is 4.02. The van der Waals surface area contributed by atoms with Gasteiger partial charge in [0.25, 0.3) is 0 Å². The van der Waals surface area contributed by atoms with Crippen molar-refractivity contribution in [2.45, 2.75) is 12.3 Å². The van der Waals surface area contributed by atoms with Gasteiger partial charge in [-0.15, -0.1) is 0 Å². The zero-order valence-electron chi connectivity index (χ0n) is 11.4. The fourth-order valence-corrected chi connectivity index (χ4v) is 3.40. The van der Waals surface area contributed by atoms with E-state index in [4.69, 9.17) is 0 Å². The van der Waals surface area contributed by atoms with Crippen molar-refractivity contribution in [3.63, 3.8) is 0 Å². The third-order valence-electron chi connectivity index (χ3n) is 3.10. The van der Waals surface area contributed by atoms with E-state index in [0.717, 1.165) is 6.54 Å². The SMILES string of the molecule is Cc1nccc(N2CCNCC2S(=O)(=O)N(C)C)n1. The van der Waals surface area contributed by atoms with Crippen molar-refractivity contribution in [3.05, 3.63) is 18.1 Å². The summed E-state index contributed by atoms with van der Waals surface area (Å²) in [6, 6.07) is 1.75. The molecule has 0 spiro atoms. The van der Waals surface area contributed by atoms with E-state index in [2.05, 4.69) is 15.3 Å². The van der Waals surface area contributed by atoms with E-state index in [9.17, 15) is 8.42 Å². The molecule has 2 heterocycles. The summed E-state index contributed by atoms with van der Waals surface area (Å²) in [6.07, 6.45) is 1.65. The number of nitrogens with zero attached hydrogens (tertiary/aromatic N) is 4. The molecule has 0 amide bonds. The summed E-state index contributed by atoms with van der Waals surface area (Å²) in [4.78, 5) is 10.2. The van der Waals surface area contributed by atoms with Crippen LogP contribution in [0, 0.1) is 6.92 Å². The smallest absolute Gasteiger partial charge is 0.236 e. The highest BCUT2D eigenvalue weighted by atomic mass is 32.2. The molecule has 1 N–H and O–H groups in total. The van der Waals surface area contributed by atoms with Gasteiger partial charge in [0.15, 0.2) is 5.37 Å². The molecule has 1 saturated heterocycles. The predicted octanol–water partition coefficient (Wildman–Crippen LogP) is -0.588. The maximum atomic E-state index is 12.4. The van der Waals surface area contributed by atoms with Crippen LogP contribution in [0.1, 0.15) is 5.82 Å². The van der Waals surface area contributed by atoms with E-state index in [0.29, 0.717) is 24.7 Å². The lowest BCUT2D eigenvalue weighted by atomic mass is 10.3. The van der Waals surface area contributed by atoms with Gasteiger partial charge in [-0.2, -0.15) is 0 Å². The van der Waals surface area contributed by atoms with Crippen LogP contribution in [0.15, 0.2) is 12.3 Å². The summed E-state index contributed by atoms with van der Waals surface area (Å²) in [5, 5.41) is 2.49. The number of rotatable bonds is 3. The molecule has 1 aromatic rings. The number of aryl methyl sites for hydroxylation is 1. The van der Waals surface area contributed by atoms with Gasteiger partial charge in [-0.05, 0) is 13.0 Å². The van der Waals surface area contributed by atoms with Gasteiger partial charge in [-0.3, -0.25) is 0 Å². The Bertz CT molecular complexity index is 546. The molecule has 7 nitrogen and oxygen atoms in total. The molecule has 0 saturated carbocycles. The number of piperazine rings is 1. The third-order valence-corrected chi connectivity index (χ3v) is 5.23. The second kappa shape index (κ2) is 5.40. The first kappa shape index (κ1) is 14.2. The van der Waals surface area contributed by atoms with Crippen LogP contribution in [0.3, 0.4) is 0 Å². The fourth-order valence-electron chi connectivity index (χ4n) is 2.05. The molecule has 106 valence electrons. The van der Waals surface area contributed by atoms with Gasteiger partial charge >= 0.3 is 0 Å². The molecule has 0 bridgehead atoms. The van der Waals surface area contributed by atoms with Crippen LogP contribution in [0.2, 0.25) is 0 Å². The summed E-state index contributed by atoms with van der Waals surface area (Å²) >= 11 is 0. The van der Waals surface area contributed by atoms with Crippen LogP contribution in [0.5, 0.6) is 0 Å². The highest BCUT2D eigenvalue weighted by Crippen LogP contribution is 2.20. The molecule has 0 aliphatic carbocycles. The lowest BCUT2D eigenvalue weighted by molar-refractivity contribution is 0.470. The Morgan fingerprint density at radius 3 is 2.84 bits per heavy atom. The Morgan fingerprint density at radius 2 is 2.21 bits per heavy atom. The van der Waals surface area contributed by atoms with E-state index < -0.39 is 15.4 Å². The zero-order valence-corrected chi connectivity index (χ0v) is 12.2. The Balaban J connectivity index is 2.36. The molecule has 0 aromatic carbocycles. The van der Waals surface area contributed by atoms with Crippen molar-refractivity contribution >= 4 is 15.8 Å². The molecule has 1 fully saturated rings. The van der Waals surface area contributed by atoms with Crippen LogP contribution in [0.4, 0.5) is 5.82 Å². The molecule has 19 heavy (non-hydrogen) atoms. The second-order valence-electron chi connectivity index (χ2n) is 4.64. The zero-order chi connectivity index (χ0) is 14.0. The second-order valence-corrected chi connectivity index (χ2v) is 6.95. The molecular weight excluding hydrogens is 266 g/mol. The topological polar surface area (TPSA) is 78.4 Å². The average molecular weight is 285 g/mol. The van der Waals surface area contributed by atoms with E-state index in [-0.39, 0.29) is 0 Å². The van der Waals surface area contributed by atoms with Gasteiger partial charge in [0.05, 0.1) is 0 Å². The molecule has 2 rings (SSSR count). The minimum Gasteiger partial charge on any atom is -0.336 e. The van der Waals surface area contributed by atoms with E-state index >= 15 is 0 Å². The van der Waals surface area contributed by atoms with Gasteiger partial charge in [-0.25, -0.2) is 22.7 Å². The Morgan fingerprint density at radius 1 is 1.47 bits per heavy atom. The molecular formula is C11H19N5O2S. The quantitative estimate of drug-likeness (QED) is 0.800. The highest BCUT2D eigenvalue weighted by molar-refractivity contribution is 7.89. The van der Waals surface area contributed by atoms with Gasteiger partial charge in [0.1, 0.15) is 11.6 Å². The lowest BCUT2D eigenvalue weighted by Gasteiger charge is -2.37. The number of aromatic nitrogens is 2. The van der Waals surface area contributed by atoms with Crippen LogP contribution in [-0.4, -0.2) is 61.8 Å². The van der Waals surface area contributed by atoms with Crippen LogP contribution >= 0.6 is 0 Å². The van der Waals surface area contributed by atoms with Gasteiger partial charge in [0.2, 0.25) is 10.0 Å². The summed E-state index contributed by atoms with van der Waals surface area (Å²) in [6.45, 7) is 3.53. The van der Waals surface area contributed by atoms with Gasteiger partial charge in [0, 0.05) is 39.9 Å². The maximum absolute atomic E-state index is 12.4. The predicted molar refractivity (Wildman–Crippen MR) is 73.4 cm³/mol. The fraction of sp³-hybridized carbons (Fsp3) is 0.636. The molecule has 1 atom stereocenters. The first-order valence-corrected chi connectivity index (χ1v) is 7.61. The lowest BCUT2D eigenvalue weighted by Crippen LogP contribution is -2.57. The molecule has 1 aliphatic rings. The minimum atomic E-state index is -3.37. The van der Waals surface area contributed by atoms with E-state index in [1.807, 2.05) is 4.90 Å².